The van der Waals surface area contributed by atoms with Gasteiger partial charge in [0.15, 0.2) is 0 Å². The van der Waals surface area contributed by atoms with E-state index in [4.69, 9.17) is 5.11 Å². The highest BCUT2D eigenvalue weighted by atomic mass is 19.1. The van der Waals surface area contributed by atoms with Crippen molar-refractivity contribution in [3.05, 3.63) is 35.6 Å². The highest BCUT2D eigenvalue weighted by Gasteiger charge is 2.44. The van der Waals surface area contributed by atoms with Gasteiger partial charge in [0.1, 0.15) is 5.82 Å². The van der Waals surface area contributed by atoms with Crippen LogP contribution >= 0.6 is 0 Å². The van der Waals surface area contributed by atoms with Crippen molar-refractivity contribution in [3.8, 4) is 0 Å². The van der Waals surface area contributed by atoms with Crippen molar-refractivity contribution >= 4 is 11.9 Å². The summed E-state index contributed by atoms with van der Waals surface area (Å²) < 4.78 is 13.2. The van der Waals surface area contributed by atoms with Crippen molar-refractivity contribution in [2.45, 2.75) is 32.6 Å². The molecule has 2 N–H and O–H groups in total. The summed E-state index contributed by atoms with van der Waals surface area (Å²) in [6, 6.07) is 6.29. The number of aliphatic carboxylic acids is 1. The first-order valence-corrected chi connectivity index (χ1v) is 7.18. The van der Waals surface area contributed by atoms with Crippen LogP contribution in [0.5, 0.6) is 0 Å². The van der Waals surface area contributed by atoms with Gasteiger partial charge in [0.2, 0.25) is 5.91 Å². The number of hydrogen-bond acceptors (Lipinski definition) is 2. The van der Waals surface area contributed by atoms with E-state index in [2.05, 4.69) is 5.32 Å². The number of benzene rings is 1. The highest BCUT2D eigenvalue weighted by molar-refractivity contribution is 5.84. The summed E-state index contributed by atoms with van der Waals surface area (Å²) in [5.41, 5.74) is 0.294. The monoisotopic (exact) mass is 293 g/mol. The zero-order valence-corrected chi connectivity index (χ0v) is 12.1. The van der Waals surface area contributed by atoms with Crippen LogP contribution in [0.2, 0.25) is 0 Å². The van der Waals surface area contributed by atoms with Crippen molar-refractivity contribution in [3.63, 3.8) is 0 Å². The molecular weight excluding hydrogens is 273 g/mol. The number of carboxylic acid groups (broad SMARTS) is 1. The van der Waals surface area contributed by atoms with Crippen LogP contribution in [0.15, 0.2) is 24.3 Å². The molecule has 0 saturated heterocycles. The van der Waals surface area contributed by atoms with Gasteiger partial charge >= 0.3 is 5.97 Å². The molecule has 1 saturated carbocycles. The lowest BCUT2D eigenvalue weighted by molar-refractivity contribution is -0.141. The van der Waals surface area contributed by atoms with E-state index < -0.39 is 17.3 Å². The smallest absolute Gasteiger partial charge is 0.308 e. The predicted octanol–water partition coefficient (Wildman–Crippen LogP) is 2.38. The van der Waals surface area contributed by atoms with Crippen molar-refractivity contribution in [1.82, 2.24) is 5.32 Å². The van der Waals surface area contributed by atoms with Gasteiger partial charge < -0.3 is 10.4 Å². The summed E-state index contributed by atoms with van der Waals surface area (Å²) in [5, 5.41) is 11.6. The fraction of sp³-hybridized carbons (Fsp3) is 0.500. The Morgan fingerprint density at radius 1 is 1.43 bits per heavy atom. The second-order valence-electron chi connectivity index (χ2n) is 5.89. The third-order valence-corrected chi connectivity index (χ3v) is 4.21. The maximum atomic E-state index is 13.2. The number of nitrogens with one attached hydrogen (secondary N) is 1. The molecule has 1 amide bonds. The van der Waals surface area contributed by atoms with Gasteiger partial charge in [-0.25, -0.2) is 4.39 Å². The Morgan fingerprint density at radius 2 is 2.14 bits per heavy atom. The van der Waals surface area contributed by atoms with Gasteiger partial charge in [-0.15, -0.1) is 0 Å². The van der Waals surface area contributed by atoms with Gasteiger partial charge in [0.25, 0.3) is 0 Å². The zero-order valence-electron chi connectivity index (χ0n) is 12.1. The molecule has 1 aliphatic rings. The van der Waals surface area contributed by atoms with Crippen LogP contribution in [0.1, 0.15) is 31.7 Å². The normalized spacial score (nSPS) is 17.6. The van der Waals surface area contributed by atoms with Crippen LogP contribution in [-0.2, 0) is 16.0 Å². The minimum absolute atomic E-state index is 0.119. The third kappa shape index (κ3) is 3.60. The predicted molar refractivity (Wildman–Crippen MR) is 76.2 cm³/mol. The molecule has 0 radical (unpaired) electrons. The lowest BCUT2D eigenvalue weighted by Gasteiger charge is -2.40. The Balaban J connectivity index is 2.00. The molecule has 1 fully saturated rings. The van der Waals surface area contributed by atoms with Crippen LogP contribution in [-0.4, -0.2) is 23.5 Å². The second-order valence-corrected chi connectivity index (χ2v) is 5.89. The van der Waals surface area contributed by atoms with Gasteiger partial charge in [-0.05, 0) is 37.0 Å². The number of rotatable bonds is 6. The van der Waals surface area contributed by atoms with Crippen molar-refractivity contribution < 1.29 is 19.1 Å². The molecule has 0 aromatic heterocycles. The van der Waals surface area contributed by atoms with E-state index in [0.717, 1.165) is 24.8 Å². The van der Waals surface area contributed by atoms with E-state index in [1.165, 1.54) is 12.1 Å². The van der Waals surface area contributed by atoms with Crippen LogP contribution in [0.3, 0.4) is 0 Å². The first-order valence-electron chi connectivity index (χ1n) is 7.18. The Kier molecular flexibility index (Phi) is 4.60. The average Bonchev–Trinajstić information content (AvgIpc) is 2.39. The van der Waals surface area contributed by atoms with Gasteiger partial charge in [-0.3, -0.25) is 9.59 Å². The Labute approximate surface area is 123 Å². The second kappa shape index (κ2) is 6.24. The molecule has 114 valence electrons. The number of halogens is 1. The number of carboxylic acids is 1. The molecule has 5 heteroatoms. The highest BCUT2D eigenvalue weighted by Crippen LogP contribution is 2.44. The van der Waals surface area contributed by atoms with E-state index in [1.54, 1.807) is 13.0 Å². The molecule has 0 bridgehead atoms. The summed E-state index contributed by atoms with van der Waals surface area (Å²) in [7, 11) is 0. The third-order valence-electron chi connectivity index (χ3n) is 4.21. The van der Waals surface area contributed by atoms with Gasteiger partial charge in [-0.2, -0.15) is 0 Å². The summed E-state index contributed by atoms with van der Waals surface area (Å²) >= 11 is 0. The molecule has 4 nitrogen and oxygen atoms in total. The summed E-state index contributed by atoms with van der Waals surface area (Å²) in [5.74, 6) is -1.96. The molecule has 0 spiro atoms. The van der Waals surface area contributed by atoms with E-state index in [1.807, 2.05) is 6.07 Å². The molecule has 1 atom stereocenters. The van der Waals surface area contributed by atoms with E-state index >= 15 is 0 Å². The van der Waals surface area contributed by atoms with Gasteiger partial charge in [-0.1, -0.05) is 25.5 Å². The lowest BCUT2D eigenvalue weighted by Crippen LogP contribution is -2.48. The topological polar surface area (TPSA) is 66.4 Å². The number of carbonyl (C=O) groups is 2. The van der Waals surface area contributed by atoms with Crippen LogP contribution in [0.25, 0.3) is 0 Å². The Bertz CT molecular complexity index is 540. The van der Waals surface area contributed by atoms with E-state index in [-0.39, 0.29) is 18.3 Å². The Hall–Kier alpha value is -1.91. The van der Waals surface area contributed by atoms with Crippen LogP contribution < -0.4 is 5.32 Å². The molecule has 21 heavy (non-hydrogen) atoms. The molecule has 0 heterocycles. The molecule has 1 aromatic carbocycles. The fourth-order valence-electron chi connectivity index (χ4n) is 2.65. The molecule has 1 aliphatic carbocycles. The minimum atomic E-state index is -0.928. The maximum absolute atomic E-state index is 13.2. The SMILES string of the molecule is CC(CNC(=O)C1(Cc2cccc(F)c2)CCC1)C(=O)O. The largest absolute Gasteiger partial charge is 0.481 e. The van der Waals surface area contributed by atoms with Crippen molar-refractivity contribution in [2.75, 3.05) is 6.54 Å². The fourth-order valence-corrected chi connectivity index (χ4v) is 2.65. The van der Waals surface area contributed by atoms with Crippen molar-refractivity contribution in [1.29, 1.82) is 0 Å². The number of carbonyl (C=O) groups excluding carboxylic acids is 1. The Morgan fingerprint density at radius 3 is 2.67 bits per heavy atom. The quantitative estimate of drug-likeness (QED) is 0.846. The minimum Gasteiger partial charge on any atom is -0.481 e. The average molecular weight is 293 g/mol. The zero-order chi connectivity index (χ0) is 15.5. The molecule has 1 unspecified atom stereocenters. The summed E-state index contributed by atoms with van der Waals surface area (Å²) in [4.78, 5) is 23.1. The first-order chi connectivity index (χ1) is 9.93. The lowest BCUT2D eigenvalue weighted by atomic mass is 9.64. The molecular formula is C16H20FNO3. The maximum Gasteiger partial charge on any atom is 0.308 e. The summed E-state index contributed by atoms with van der Waals surface area (Å²) in [6.07, 6.45) is 2.99. The molecule has 1 aromatic rings. The van der Waals surface area contributed by atoms with E-state index in [9.17, 15) is 14.0 Å². The molecule has 0 aliphatic heterocycles. The molecule has 2 rings (SSSR count). The van der Waals surface area contributed by atoms with Crippen LogP contribution in [0.4, 0.5) is 4.39 Å². The first kappa shape index (κ1) is 15.5. The van der Waals surface area contributed by atoms with Gasteiger partial charge in [0.05, 0.1) is 11.3 Å². The van der Waals surface area contributed by atoms with Crippen molar-refractivity contribution in [2.24, 2.45) is 11.3 Å². The standard InChI is InChI=1S/C16H20FNO3/c1-11(14(19)20)10-18-15(21)16(6-3-7-16)9-12-4-2-5-13(17)8-12/h2,4-5,8,11H,3,6-7,9-10H2,1H3,(H,18,21)(H,19,20). The number of amides is 1. The summed E-state index contributed by atoms with van der Waals surface area (Å²) in [6.45, 7) is 1.68. The van der Waals surface area contributed by atoms with Crippen LogP contribution in [0, 0.1) is 17.2 Å². The number of hydrogen-bond donors (Lipinski definition) is 2. The van der Waals surface area contributed by atoms with E-state index in [0.29, 0.717) is 6.42 Å². The van der Waals surface area contributed by atoms with Gasteiger partial charge in [0, 0.05) is 6.54 Å².